The highest BCUT2D eigenvalue weighted by atomic mass is 16.6. The van der Waals surface area contributed by atoms with Crippen molar-refractivity contribution in [3.8, 4) is 11.4 Å². The molecule has 13 heteroatoms. The fraction of sp³-hybridized carbons (Fsp3) is 0.200. The molecule has 1 aliphatic rings. The third-order valence-corrected chi connectivity index (χ3v) is 6.62. The number of hydrogen-bond donors (Lipinski definition) is 2. The van der Waals surface area contributed by atoms with Gasteiger partial charge in [0.1, 0.15) is 17.2 Å². The molecule has 3 aromatic heterocycles. The quantitative estimate of drug-likeness (QED) is 0.264. The van der Waals surface area contributed by atoms with Gasteiger partial charge in [-0.3, -0.25) is 24.6 Å². The Bertz CT molecular complexity index is 1770. The van der Waals surface area contributed by atoms with E-state index in [-0.39, 0.29) is 28.6 Å². The van der Waals surface area contributed by atoms with Crippen LogP contribution < -0.4 is 25.8 Å². The van der Waals surface area contributed by atoms with Crippen LogP contribution in [-0.2, 0) is 0 Å². The Labute approximate surface area is 215 Å². The van der Waals surface area contributed by atoms with E-state index in [1.165, 1.54) is 16.7 Å². The monoisotopic (exact) mass is 513 g/mol. The second-order valence-electron chi connectivity index (χ2n) is 9.15. The topological polar surface area (TPSA) is 161 Å². The van der Waals surface area contributed by atoms with Crippen LogP contribution in [0.3, 0.4) is 0 Å². The zero-order valence-electron chi connectivity index (χ0n) is 20.5. The fourth-order valence-electron chi connectivity index (χ4n) is 4.81. The molecule has 0 unspecified atom stereocenters. The number of para-hydroxylation sites is 1. The van der Waals surface area contributed by atoms with Crippen LogP contribution in [0.4, 0.5) is 23.1 Å². The number of ether oxygens (including phenoxy) is 1. The number of benzene rings is 2. The molecule has 192 valence electrons. The molecule has 13 nitrogen and oxygen atoms in total. The molecular formula is C25H23N9O4. The smallest absolute Gasteiger partial charge is 0.271 e. The normalized spacial score (nSPS) is 14.9. The van der Waals surface area contributed by atoms with Gasteiger partial charge in [-0.2, -0.15) is 10.1 Å². The van der Waals surface area contributed by atoms with E-state index in [1.807, 2.05) is 54.2 Å². The number of nitrogens with two attached hydrogens (primary N) is 1. The zero-order valence-corrected chi connectivity index (χ0v) is 20.5. The first-order chi connectivity index (χ1) is 18.3. The van der Waals surface area contributed by atoms with Gasteiger partial charge in [-0.05, 0) is 18.2 Å². The molecule has 3 N–H and O–H groups in total. The molecule has 0 aliphatic carbocycles. The van der Waals surface area contributed by atoms with Crippen LogP contribution in [0.5, 0.6) is 5.75 Å². The fourth-order valence-corrected chi connectivity index (χ4v) is 4.81. The summed E-state index contributed by atoms with van der Waals surface area (Å²) < 4.78 is 7.66. The second kappa shape index (κ2) is 8.73. The number of likely N-dealkylation sites (N-methyl/N-ethyl adjacent to an activating group) is 2. The van der Waals surface area contributed by atoms with E-state index in [4.69, 9.17) is 15.5 Å². The number of nitro benzene ring substituents is 1. The van der Waals surface area contributed by atoms with Gasteiger partial charge in [-0.15, -0.1) is 0 Å². The third kappa shape index (κ3) is 3.72. The maximum atomic E-state index is 13.5. The lowest BCUT2D eigenvalue weighted by Gasteiger charge is -2.35. The minimum Gasteiger partial charge on any atom is -0.485 e. The number of non-ortho nitro benzene ring substituents is 1. The molecule has 0 bridgehead atoms. The lowest BCUT2D eigenvalue weighted by atomic mass is 10.1. The lowest BCUT2D eigenvalue weighted by molar-refractivity contribution is -0.384. The van der Waals surface area contributed by atoms with Crippen LogP contribution in [-0.4, -0.2) is 62.9 Å². The first kappa shape index (κ1) is 23.2. The van der Waals surface area contributed by atoms with E-state index in [1.54, 1.807) is 12.3 Å². The molecule has 0 fully saturated rings. The first-order valence-corrected chi connectivity index (χ1v) is 11.8. The van der Waals surface area contributed by atoms with Crippen molar-refractivity contribution >= 4 is 45.1 Å². The van der Waals surface area contributed by atoms with Crippen LogP contribution in [0.1, 0.15) is 0 Å². The number of anilines is 3. The SMILES string of the molecule is CN(C[C@H]1CN(C)c2cc([N+](=O)[O-])ccc2O1)c1ncc2c3[nH]nc(N)c3c(=O)n(-c3ccccc3)c2n1. The largest absolute Gasteiger partial charge is 0.485 e. The maximum absolute atomic E-state index is 13.5. The summed E-state index contributed by atoms with van der Waals surface area (Å²) in [6.45, 7) is 0.940. The Hall–Kier alpha value is -5.20. The van der Waals surface area contributed by atoms with Crippen molar-refractivity contribution in [2.75, 3.05) is 42.7 Å². The Kier molecular flexibility index (Phi) is 5.33. The number of nitrogen functional groups attached to an aromatic ring is 1. The second-order valence-corrected chi connectivity index (χ2v) is 9.15. The third-order valence-electron chi connectivity index (χ3n) is 6.62. The van der Waals surface area contributed by atoms with E-state index < -0.39 is 4.92 Å². The Morgan fingerprint density at radius 1 is 1.26 bits per heavy atom. The number of nitro groups is 1. The van der Waals surface area contributed by atoms with E-state index in [2.05, 4.69) is 15.2 Å². The molecule has 0 amide bonds. The van der Waals surface area contributed by atoms with E-state index in [0.717, 1.165) is 0 Å². The number of fused-ring (bicyclic) bond motifs is 4. The van der Waals surface area contributed by atoms with Crippen molar-refractivity contribution in [3.05, 3.63) is 75.2 Å². The summed E-state index contributed by atoms with van der Waals surface area (Å²) in [7, 11) is 3.71. The summed E-state index contributed by atoms with van der Waals surface area (Å²) in [6.07, 6.45) is 1.39. The Morgan fingerprint density at radius 2 is 2.05 bits per heavy atom. The Balaban J connectivity index is 1.37. The van der Waals surface area contributed by atoms with Gasteiger partial charge in [0.25, 0.3) is 11.2 Å². The lowest BCUT2D eigenvalue weighted by Crippen LogP contribution is -2.44. The summed E-state index contributed by atoms with van der Waals surface area (Å²) in [4.78, 5) is 37.4. The van der Waals surface area contributed by atoms with Gasteiger partial charge in [0.15, 0.2) is 11.5 Å². The molecular weight excluding hydrogens is 490 g/mol. The number of nitrogens with one attached hydrogen (secondary N) is 1. The Morgan fingerprint density at radius 3 is 2.82 bits per heavy atom. The van der Waals surface area contributed by atoms with Crippen molar-refractivity contribution < 1.29 is 9.66 Å². The van der Waals surface area contributed by atoms with Crippen molar-refractivity contribution in [1.29, 1.82) is 0 Å². The van der Waals surface area contributed by atoms with Crippen LogP contribution in [0.2, 0.25) is 0 Å². The number of aromatic nitrogens is 5. The first-order valence-electron chi connectivity index (χ1n) is 11.8. The number of rotatable bonds is 5. The van der Waals surface area contributed by atoms with Gasteiger partial charge in [0.2, 0.25) is 5.95 Å². The highest BCUT2D eigenvalue weighted by Gasteiger charge is 2.27. The summed E-state index contributed by atoms with van der Waals surface area (Å²) in [5.74, 6) is 1.08. The molecule has 4 heterocycles. The van der Waals surface area contributed by atoms with Crippen molar-refractivity contribution in [2.45, 2.75) is 6.10 Å². The van der Waals surface area contributed by atoms with Gasteiger partial charge in [-0.25, -0.2) is 4.98 Å². The molecule has 1 atom stereocenters. The van der Waals surface area contributed by atoms with Gasteiger partial charge >= 0.3 is 0 Å². The van der Waals surface area contributed by atoms with Crippen molar-refractivity contribution in [1.82, 2.24) is 24.7 Å². The average molecular weight is 514 g/mol. The summed E-state index contributed by atoms with van der Waals surface area (Å²) in [5, 5.41) is 18.9. The number of aromatic amines is 1. The predicted octanol–water partition coefficient (Wildman–Crippen LogP) is 2.48. The van der Waals surface area contributed by atoms with Crippen LogP contribution in [0.25, 0.3) is 27.6 Å². The summed E-state index contributed by atoms with van der Waals surface area (Å²) >= 11 is 0. The minimum atomic E-state index is -0.425. The molecule has 0 saturated carbocycles. The van der Waals surface area contributed by atoms with Gasteiger partial charge in [-0.1, -0.05) is 18.2 Å². The van der Waals surface area contributed by atoms with Gasteiger partial charge < -0.3 is 20.3 Å². The number of nitrogens with zero attached hydrogens (tertiary/aromatic N) is 7. The number of hydrogen-bond acceptors (Lipinski definition) is 10. The highest BCUT2D eigenvalue weighted by molar-refractivity contribution is 6.05. The average Bonchev–Trinajstić information content (AvgIpc) is 3.30. The minimum absolute atomic E-state index is 0.0110. The maximum Gasteiger partial charge on any atom is 0.271 e. The van der Waals surface area contributed by atoms with E-state index in [9.17, 15) is 14.9 Å². The molecule has 38 heavy (non-hydrogen) atoms. The van der Waals surface area contributed by atoms with Crippen LogP contribution >= 0.6 is 0 Å². The molecule has 0 spiro atoms. The van der Waals surface area contributed by atoms with Crippen LogP contribution in [0, 0.1) is 10.1 Å². The van der Waals surface area contributed by atoms with Gasteiger partial charge in [0, 0.05) is 32.4 Å². The predicted molar refractivity (Wildman–Crippen MR) is 143 cm³/mol. The number of pyridine rings is 1. The molecule has 0 saturated heterocycles. The van der Waals surface area contributed by atoms with Crippen LogP contribution in [0.15, 0.2) is 59.5 Å². The number of H-pyrrole nitrogens is 1. The van der Waals surface area contributed by atoms with E-state index >= 15 is 0 Å². The molecule has 5 aromatic rings. The molecule has 0 radical (unpaired) electrons. The van der Waals surface area contributed by atoms with Crippen molar-refractivity contribution in [2.24, 2.45) is 0 Å². The molecule has 1 aliphatic heterocycles. The van der Waals surface area contributed by atoms with Crippen molar-refractivity contribution in [3.63, 3.8) is 0 Å². The zero-order chi connectivity index (χ0) is 26.6. The highest BCUT2D eigenvalue weighted by Crippen LogP contribution is 2.36. The summed E-state index contributed by atoms with van der Waals surface area (Å²) in [5.41, 5.74) is 7.88. The van der Waals surface area contributed by atoms with Gasteiger partial charge in [0.05, 0.1) is 40.3 Å². The summed E-state index contributed by atoms with van der Waals surface area (Å²) in [6, 6.07) is 13.7. The molecule has 6 rings (SSSR count). The standard InChI is InChI=1S/C25H23N9O4/c1-31-12-16(38-19-9-8-15(34(36)37)10-18(19)31)13-32(2)25-27-11-17-21-20(22(26)30-29-21)24(35)33(23(17)28-25)14-6-4-3-5-7-14/h3-11,16H,12-13H2,1-2H3,(H3,26,29,30)/t16-/m1/s1. The van der Waals surface area contributed by atoms with E-state index in [0.29, 0.717) is 52.7 Å². The molecule has 2 aromatic carbocycles.